The first-order chi connectivity index (χ1) is 12.0. The molecule has 1 saturated heterocycles. The third-order valence-electron chi connectivity index (χ3n) is 4.49. The largest absolute Gasteiger partial charge is 0.386 e. The minimum absolute atomic E-state index is 0.222. The zero-order chi connectivity index (χ0) is 17.3. The quantitative estimate of drug-likeness (QED) is 0.470. The van der Waals surface area contributed by atoms with E-state index < -0.39 is 23.9 Å². The van der Waals surface area contributed by atoms with E-state index in [1.165, 1.54) is 12.1 Å². The van der Waals surface area contributed by atoms with Crippen LogP contribution < -0.4 is 0 Å². The van der Waals surface area contributed by atoms with Crippen LogP contribution in [0.5, 0.6) is 0 Å². The van der Waals surface area contributed by atoms with Gasteiger partial charge in [-0.15, -0.1) is 0 Å². The van der Waals surface area contributed by atoms with Crippen LogP contribution in [0.4, 0.5) is 0 Å². The van der Waals surface area contributed by atoms with Crippen molar-refractivity contribution in [3.63, 3.8) is 0 Å². The third kappa shape index (κ3) is 1.96. The number of ether oxygens (including phenoxy) is 3. The molecule has 0 aliphatic carbocycles. The Bertz CT molecular complexity index is 939. The molecule has 25 heavy (non-hydrogen) atoms. The first-order valence-electron chi connectivity index (χ1n) is 7.49. The van der Waals surface area contributed by atoms with E-state index in [2.05, 4.69) is 9.47 Å². The van der Waals surface area contributed by atoms with Crippen molar-refractivity contribution in [2.24, 2.45) is 0 Å². The Hall–Kier alpha value is -3.32. The molecule has 2 aromatic carbocycles. The average Bonchev–Trinajstić information content (AvgIpc) is 3.29. The second kappa shape index (κ2) is 4.61. The van der Waals surface area contributed by atoms with E-state index in [0.29, 0.717) is 0 Å². The fourth-order valence-corrected chi connectivity index (χ4v) is 3.18. The van der Waals surface area contributed by atoms with Crippen molar-refractivity contribution in [2.75, 3.05) is 0 Å². The van der Waals surface area contributed by atoms with Crippen LogP contribution in [-0.2, 0) is 14.2 Å². The van der Waals surface area contributed by atoms with Gasteiger partial charge in [0, 0.05) is 0 Å². The van der Waals surface area contributed by atoms with Gasteiger partial charge in [0.05, 0.1) is 22.3 Å². The van der Waals surface area contributed by atoms with Crippen molar-refractivity contribution in [3.8, 4) is 0 Å². The highest BCUT2D eigenvalue weighted by molar-refractivity contribution is 6.15. The molecule has 7 nitrogen and oxygen atoms in total. The highest BCUT2D eigenvalue weighted by atomic mass is 16.6. The number of hydrogen-bond donors (Lipinski definition) is 0. The summed E-state index contributed by atoms with van der Waals surface area (Å²) in [7, 11) is 0. The van der Waals surface area contributed by atoms with Gasteiger partial charge in [-0.2, -0.15) is 0 Å². The van der Waals surface area contributed by atoms with Gasteiger partial charge in [-0.05, 0) is 35.4 Å². The second-order valence-electron chi connectivity index (χ2n) is 5.94. The van der Waals surface area contributed by atoms with Crippen molar-refractivity contribution in [3.05, 3.63) is 69.8 Å². The van der Waals surface area contributed by atoms with E-state index in [1.807, 2.05) is 0 Å². The molecule has 2 atom stereocenters. The number of cyclic esters (lactones) is 4. The van der Waals surface area contributed by atoms with Crippen molar-refractivity contribution in [2.45, 2.75) is 12.2 Å². The number of carbonyl (C=O) groups excluding carboxylic acids is 4. The molecular formula is C18H8O7. The fraction of sp³-hybridized carbons (Fsp3) is 0.111. The van der Waals surface area contributed by atoms with Gasteiger partial charge in [-0.1, -0.05) is 12.1 Å². The van der Waals surface area contributed by atoms with Crippen LogP contribution >= 0.6 is 0 Å². The summed E-state index contributed by atoms with van der Waals surface area (Å²) in [5, 5.41) is 0. The molecule has 1 fully saturated rings. The molecule has 2 aromatic rings. The van der Waals surface area contributed by atoms with Gasteiger partial charge in [0.15, 0.2) is 0 Å². The lowest BCUT2D eigenvalue weighted by Crippen LogP contribution is -1.97. The summed E-state index contributed by atoms with van der Waals surface area (Å²) in [6.07, 6.45) is -0.611. The van der Waals surface area contributed by atoms with Crippen LogP contribution in [0.3, 0.4) is 0 Å². The number of esters is 4. The van der Waals surface area contributed by atoms with E-state index in [-0.39, 0.29) is 34.5 Å². The summed E-state index contributed by atoms with van der Waals surface area (Å²) < 4.78 is 14.8. The minimum atomic E-state index is -0.669. The molecule has 0 radical (unpaired) electrons. The highest BCUT2D eigenvalue weighted by Crippen LogP contribution is 2.51. The SMILES string of the molecule is O=C1OC(=O)c2cc(C3OC3c3ccc4c(c3)C(=O)OC4=O)ccc21. The highest BCUT2D eigenvalue weighted by Gasteiger charge is 2.44. The van der Waals surface area contributed by atoms with Crippen LogP contribution in [-0.4, -0.2) is 23.9 Å². The molecule has 5 rings (SSSR count). The van der Waals surface area contributed by atoms with E-state index in [0.717, 1.165) is 11.1 Å². The third-order valence-corrected chi connectivity index (χ3v) is 4.49. The van der Waals surface area contributed by atoms with E-state index in [1.54, 1.807) is 24.3 Å². The van der Waals surface area contributed by atoms with Crippen molar-refractivity contribution >= 4 is 23.9 Å². The lowest BCUT2D eigenvalue weighted by atomic mass is 9.98. The first-order valence-corrected chi connectivity index (χ1v) is 7.49. The number of fused-ring (bicyclic) bond motifs is 2. The van der Waals surface area contributed by atoms with Gasteiger partial charge in [0.2, 0.25) is 0 Å². The summed E-state index contributed by atoms with van der Waals surface area (Å²) in [5.74, 6) is -2.64. The summed E-state index contributed by atoms with van der Waals surface area (Å²) in [6.45, 7) is 0. The predicted octanol–water partition coefficient (Wildman–Crippen LogP) is 2.12. The Morgan fingerprint density at radius 1 is 0.560 bits per heavy atom. The molecule has 0 aromatic heterocycles. The van der Waals surface area contributed by atoms with E-state index in [9.17, 15) is 19.2 Å². The Morgan fingerprint density at radius 3 is 1.40 bits per heavy atom. The molecule has 2 unspecified atom stereocenters. The van der Waals surface area contributed by atoms with Crippen LogP contribution in [0, 0.1) is 0 Å². The number of hydrogen-bond acceptors (Lipinski definition) is 7. The van der Waals surface area contributed by atoms with Gasteiger partial charge in [0.1, 0.15) is 12.2 Å². The lowest BCUT2D eigenvalue weighted by molar-refractivity contribution is 0.0425. The maximum atomic E-state index is 11.7. The maximum absolute atomic E-state index is 11.7. The first kappa shape index (κ1) is 14.1. The summed E-state index contributed by atoms with van der Waals surface area (Å²) >= 11 is 0. The maximum Gasteiger partial charge on any atom is 0.346 e. The van der Waals surface area contributed by atoms with E-state index in [4.69, 9.17) is 4.74 Å². The predicted molar refractivity (Wildman–Crippen MR) is 78.9 cm³/mol. The molecule has 122 valence electrons. The van der Waals surface area contributed by atoms with Gasteiger partial charge in [-0.3, -0.25) is 0 Å². The molecule has 3 aliphatic heterocycles. The van der Waals surface area contributed by atoms with Gasteiger partial charge >= 0.3 is 23.9 Å². The number of rotatable bonds is 2. The standard InChI is InChI=1S/C18H8O7/c19-15-9-3-1-7(5-11(9)17(21)24-15)13-14(23-13)8-2-4-10-12(6-8)18(22)25-16(10)20/h1-6,13-14H. The summed E-state index contributed by atoms with van der Waals surface area (Å²) in [5.41, 5.74) is 2.39. The molecular weight excluding hydrogens is 328 g/mol. The molecule has 0 bridgehead atoms. The zero-order valence-electron chi connectivity index (χ0n) is 12.5. The topological polar surface area (TPSA) is 99.3 Å². The molecule has 3 aliphatic rings. The second-order valence-corrected chi connectivity index (χ2v) is 5.94. The minimum Gasteiger partial charge on any atom is -0.386 e. The zero-order valence-corrected chi connectivity index (χ0v) is 12.5. The molecule has 3 heterocycles. The number of epoxide rings is 1. The van der Waals surface area contributed by atoms with Crippen LogP contribution in [0.15, 0.2) is 36.4 Å². The van der Waals surface area contributed by atoms with E-state index >= 15 is 0 Å². The van der Waals surface area contributed by atoms with Crippen LogP contribution in [0.2, 0.25) is 0 Å². The smallest absolute Gasteiger partial charge is 0.346 e. The van der Waals surface area contributed by atoms with Crippen LogP contribution in [0.25, 0.3) is 0 Å². The monoisotopic (exact) mass is 336 g/mol. The number of benzene rings is 2. The van der Waals surface area contributed by atoms with Crippen LogP contribution in [0.1, 0.15) is 64.8 Å². The summed E-state index contributed by atoms with van der Waals surface area (Å²) in [6, 6.07) is 9.64. The molecule has 0 amide bonds. The Labute approximate surface area is 140 Å². The number of carbonyl (C=O) groups is 4. The van der Waals surface area contributed by atoms with Crippen molar-refractivity contribution in [1.29, 1.82) is 0 Å². The van der Waals surface area contributed by atoms with Gasteiger partial charge in [0.25, 0.3) is 0 Å². The Balaban J connectivity index is 1.45. The normalized spacial score (nSPS) is 23.2. The Morgan fingerprint density at radius 2 is 0.960 bits per heavy atom. The fourth-order valence-electron chi connectivity index (χ4n) is 3.18. The van der Waals surface area contributed by atoms with Gasteiger partial charge < -0.3 is 14.2 Å². The van der Waals surface area contributed by atoms with Crippen molar-refractivity contribution in [1.82, 2.24) is 0 Å². The van der Waals surface area contributed by atoms with Gasteiger partial charge in [-0.25, -0.2) is 19.2 Å². The lowest BCUT2D eigenvalue weighted by Gasteiger charge is -2.00. The molecule has 0 N–H and O–H groups in total. The molecule has 7 heteroatoms. The average molecular weight is 336 g/mol. The van der Waals surface area contributed by atoms with Crippen molar-refractivity contribution < 1.29 is 33.4 Å². The Kier molecular flexibility index (Phi) is 2.59. The molecule has 0 saturated carbocycles. The molecule has 0 spiro atoms. The summed E-state index contributed by atoms with van der Waals surface area (Å²) in [4.78, 5) is 46.3.